The number of rotatable bonds is 4. The second-order valence-electron chi connectivity index (χ2n) is 12.9. The molecular formula is C44H31N3. The molecule has 9 rings (SSSR count). The zero-order valence-corrected chi connectivity index (χ0v) is 26.3. The van der Waals surface area contributed by atoms with Gasteiger partial charge in [-0.15, -0.1) is 0 Å². The summed E-state index contributed by atoms with van der Waals surface area (Å²) in [6.45, 7) is 4.61. The van der Waals surface area contributed by atoms with Gasteiger partial charge in [0.2, 0.25) is 0 Å². The van der Waals surface area contributed by atoms with E-state index in [9.17, 15) is 0 Å². The number of hydrogen-bond donors (Lipinski definition) is 0. The summed E-state index contributed by atoms with van der Waals surface area (Å²) in [6.07, 6.45) is 0. The number of benzene rings is 7. The lowest BCUT2D eigenvalue weighted by molar-refractivity contribution is 0.660. The molecule has 0 unspecified atom stereocenters. The number of fused-ring (bicyclic) bond motifs is 5. The molecule has 0 amide bonds. The third-order valence-electron chi connectivity index (χ3n) is 9.72. The number of nitrogens with zero attached hydrogens (tertiary/aromatic N) is 3. The zero-order chi connectivity index (χ0) is 31.5. The third kappa shape index (κ3) is 4.46. The van der Waals surface area contributed by atoms with Crippen molar-refractivity contribution in [2.45, 2.75) is 19.3 Å². The van der Waals surface area contributed by atoms with Crippen LogP contribution in [0.3, 0.4) is 0 Å². The second-order valence-corrected chi connectivity index (χ2v) is 12.9. The molecule has 8 aromatic rings. The maximum absolute atomic E-state index is 5.27. The second kappa shape index (κ2) is 10.6. The van der Waals surface area contributed by atoms with Crippen LogP contribution in [-0.2, 0) is 5.41 Å². The van der Waals surface area contributed by atoms with Gasteiger partial charge in [-0.05, 0) is 73.1 Å². The van der Waals surface area contributed by atoms with E-state index in [1.165, 1.54) is 38.4 Å². The summed E-state index contributed by atoms with van der Waals surface area (Å²) in [7, 11) is 0. The molecule has 0 bridgehead atoms. The van der Waals surface area contributed by atoms with Crippen molar-refractivity contribution in [3.8, 4) is 56.4 Å². The minimum absolute atomic E-state index is 0.125. The fourth-order valence-electron chi connectivity index (χ4n) is 7.29. The molecule has 0 aliphatic heterocycles. The van der Waals surface area contributed by atoms with Crippen LogP contribution >= 0.6 is 0 Å². The van der Waals surface area contributed by atoms with Crippen LogP contribution in [0.2, 0.25) is 0 Å². The largest absolute Gasteiger partial charge is 0.208 e. The lowest BCUT2D eigenvalue weighted by atomic mass is 9.82. The van der Waals surface area contributed by atoms with Gasteiger partial charge in [0.25, 0.3) is 0 Å². The van der Waals surface area contributed by atoms with Gasteiger partial charge in [-0.3, -0.25) is 0 Å². The molecule has 1 aliphatic rings. The van der Waals surface area contributed by atoms with Gasteiger partial charge in [0.1, 0.15) is 0 Å². The highest BCUT2D eigenvalue weighted by Crippen LogP contribution is 2.49. The average molecular weight is 602 g/mol. The van der Waals surface area contributed by atoms with Crippen LogP contribution in [0.15, 0.2) is 152 Å². The van der Waals surface area contributed by atoms with Gasteiger partial charge in [-0.25, -0.2) is 15.0 Å². The molecule has 3 nitrogen and oxygen atoms in total. The van der Waals surface area contributed by atoms with Crippen LogP contribution in [-0.4, -0.2) is 15.0 Å². The van der Waals surface area contributed by atoms with E-state index < -0.39 is 0 Å². The third-order valence-corrected chi connectivity index (χ3v) is 9.72. The average Bonchev–Trinajstić information content (AvgIpc) is 3.36. The van der Waals surface area contributed by atoms with Crippen molar-refractivity contribution in [2.24, 2.45) is 0 Å². The molecule has 0 spiro atoms. The molecule has 3 heteroatoms. The first-order chi connectivity index (χ1) is 23.0. The molecule has 7 aromatic carbocycles. The van der Waals surface area contributed by atoms with Crippen LogP contribution in [0.1, 0.15) is 25.0 Å². The normalized spacial score (nSPS) is 13.1. The van der Waals surface area contributed by atoms with Crippen molar-refractivity contribution in [1.82, 2.24) is 15.0 Å². The van der Waals surface area contributed by atoms with E-state index in [0.717, 1.165) is 33.2 Å². The molecule has 0 atom stereocenters. The van der Waals surface area contributed by atoms with Crippen LogP contribution in [0.5, 0.6) is 0 Å². The maximum Gasteiger partial charge on any atom is 0.164 e. The van der Waals surface area contributed by atoms with Gasteiger partial charge in [-0.2, -0.15) is 0 Å². The van der Waals surface area contributed by atoms with Crippen molar-refractivity contribution in [2.75, 3.05) is 0 Å². The molecule has 0 saturated carbocycles. The van der Waals surface area contributed by atoms with Crippen molar-refractivity contribution < 1.29 is 0 Å². The Morgan fingerprint density at radius 3 is 1.74 bits per heavy atom. The first-order valence-corrected chi connectivity index (χ1v) is 16.1. The first kappa shape index (κ1) is 27.4. The van der Waals surface area contributed by atoms with Gasteiger partial charge in [0.05, 0.1) is 0 Å². The Labute approximate surface area is 274 Å². The zero-order valence-electron chi connectivity index (χ0n) is 26.3. The molecule has 0 radical (unpaired) electrons. The predicted octanol–water partition coefficient (Wildman–Crippen LogP) is 11.2. The van der Waals surface area contributed by atoms with Gasteiger partial charge >= 0.3 is 0 Å². The first-order valence-electron chi connectivity index (χ1n) is 16.1. The molecule has 1 aromatic heterocycles. The fourth-order valence-corrected chi connectivity index (χ4v) is 7.29. The molecule has 1 heterocycles. The lowest BCUT2D eigenvalue weighted by Gasteiger charge is -2.22. The van der Waals surface area contributed by atoms with E-state index in [1.54, 1.807) is 0 Å². The molecule has 0 fully saturated rings. The summed E-state index contributed by atoms with van der Waals surface area (Å²) >= 11 is 0. The van der Waals surface area contributed by atoms with Crippen LogP contribution in [0, 0.1) is 0 Å². The predicted molar refractivity (Wildman–Crippen MR) is 194 cm³/mol. The quantitative estimate of drug-likeness (QED) is 0.201. The lowest BCUT2D eigenvalue weighted by Crippen LogP contribution is -2.15. The van der Waals surface area contributed by atoms with E-state index >= 15 is 0 Å². The molecule has 47 heavy (non-hydrogen) atoms. The van der Waals surface area contributed by atoms with Crippen LogP contribution < -0.4 is 0 Å². The standard InChI is InChI=1S/C44H31N3/c1-44(2)39-22-11-10-20-35(39)36-24-23-32(27-40(36)44)42-45-41(29-14-4-3-5-15-29)46-43(47-42)38-26-31-17-7-6-16-30(31)25-37(38)34-21-12-18-28-13-8-9-19-33(28)34/h3-27H,1-2H3. The highest BCUT2D eigenvalue weighted by Gasteiger charge is 2.35. The Balaban J connectivity index is 1.30. The molecule has 1 aliphatic carbocycles. The molecule has 0 N–H and O–H groups in total. The summed E-state index contributed by atoms with van der Waals surface area (Å²) in [4.78, 5) is 15.6. The van der Waals surface area contributed by atoms with E-state index in [1.807, 2.05) is 18.2 Å². The Kier molecular flexibility index (Phi) is 6.16. The minimum atomic E-state index is -0.125. The van der Waals surface area contributed by atoms with E-state index in [0.29, 0.717) is 17.5 Å². The Morgan fingerprint density at radius 2 is 0.936 bits per heavy atom. The SMILES string of the molecule is CC1(C)c2ccccc2-c2ccc(-c3nc(-c4ccccc4)nc(-c4cc5ccccc5cc4-c4cccc5ccccc45)n3)cc21. The van der Waals surface area contributed by atoms with Crippen molar-refractivity contribution in [3.05, 3.63) is 163 Å². The summed E-state index contributed by atoms with van der Waals surface area (Å²) in [6, 6.07) is 53.7. The van der Waals surface area contributed by atoms with Gasteiger partial charge in [-0.1, -0.05) is 147 Å². The van der Waals surface area contributed by atoms with Crippen LogP contribution in [0.25, 0.3) is 78.0 Å². The summed E-state index contributed by atoms with van der Waals surface area (Å²) in [5.41, 5.74) is 10.3. The Bertz CT molecular complexity index is 2490. The number of hydrogen-bond acceptors (Lipinski definition) is 3. The van der Waals surface area contributed by atoms with E-state index in [2.05, 4.69) is 147 Å². The Morgan fingerprint density at radius 1 is 0.362 bits per heavy atom. The summed E-state index contributed by atoms with van der Waals surface area (Å²) in [5, 5.41) is 4.72. The van der Waals surface area contributed by atoms with Crippen LogP contribution in [0.4, 0.5) is 0 Å². The van der Waals surface area contributed by atoms with Gasteiger partial charge < -0.3 is 0 Å². The highest BCUT2D eigenvalue weighted by molar-refractivity contribution is 6.04. The number of aromatic nitrogens is 3. The van der Waals surface area contributed by atoms with Crippen molar-refractivity contribution in [3.63, 3.8) is 0 Å². The molecule has 0 saturated heterocycles. The van der Waals surface area contributed by atoms with E-state index in [4.69, 9.17) is 15.0 Å². The Hall–Kier alpha value is -5.93. The topological polar surface area (TPSA) is 38.7 Å². The minimum Gasteiger partial charge on any atom is -0.208 e. The van der Waals surface area contributed by atoms with Crippen molar-refractivity contribution >= 4 is 21.5 Å². The molecular weight excluding hydrogens is 571 g/mol. The van der Waals surface area contributed by atoms with Crippen molar-refractivity contribution in [1.29, 1.82) is 0 Å². The van der Waals surface area contributed by atoms with Gasteiger partial charge in [0.15, 0.2) is 17.5 Å². The fraction of sp³-hybridized carbons (Fsp3) is 0.0682. The summed E-state index contributed by atoms with van der Waals surface area (Å²) in [5.74, 6) is 1.98. The molecule has 222 valence electrons. The summed E-state index contributed by atoms with van der Waals surface area (Å²) < 4.78 is 0. The highest BCUT2D eigenvalue weighted by atomic mass is 15.0. The maximum atomic E-state index is 5.27. The van der Waals surface area contributed by atoms with Gasteiger partial charge in [0, 0.05) is 22.1 Å². The van der Waals surface area contributed by atoms with E-state index in [-0.39, 0.29) is 5.41 Å². The monoisotopic (exact) mass is 601 g/mol. The smallest absolute Gasteiger partial charge is 0.164 e.